The number of ether oxygens (including phenoxy) is 3. The molecule has 0 spiro atoms. The number of carbonyl (C=O) groups is 2. The molecule has 2 aromatic rings. The predicted octanol–water partition coefficient (Wildman–Crippen LogP) is 4.08. The highest BCUT2D eigenvalue weighted by molar-refractivity contribution is 6.30. The van der Waals surface area contributed by atoms with Crippen molar-refractivity contribution < 1.29 is 23.8 Å². The zero-order valence-electron chi connectivity index (χ0n) is 15.4. The van der Waals surface area contributed by atoms with Gasteiger partial charge in [0.05, 0.1) is 12.3 Å². The van der Waals surface area contributed by atoms with Crippen LogP contribution in [0.5, 0.6) is 11.5 Å². The number of amides is 1. The van der Waals surface area contributed by atoms with Crippen LogP contribution >= 0.6 is 11.6 Å². The van der Waals surface area contributed by atoms with Gasteiger partial charge in [0, 0.05) is 5.02 Å². The third kappa shape index (κ3) is 6.18. The number of nitrogens with one attached hydrogen (secondary N) is 1. The molecule has 0 aliphatic carbocycles. The second-order valence-corrected chi connectivity index (χ2v) is 6.15. The Hall–Kier alpha value is -2.73. The molecule has 0 aliphatic rings. The summed E-state index contributed by atoms with van der Waals surface area (Å²) in [4.78, 5) is 24.5. The second kappa shape index (κ2) is 9.83. The minimum atomic E-state index is -0.997. The lowest BCUT2D eigenvalue weighted by atomic mass is 10.2. The third-order valence-electron chi connectivity index (χ3n) is 3.57. The van der Waals surface area contributed by atoms with Crippen molar-refractivity contribution in [3.63, 3.8) is 0 Å². The minimum Gasteiger partial charge on any atom is -0.492 e. The first-order valence-electron chi connectivity index (χ1n) is 8.56. The van der Waals surface area contributed by atoms with Crippen molar-refractivity contribution >= 4 is 29.2 Å². The number of halogens is 1. The van der Waals surface area contributed by atoms with Gasteiger partial charge in [-0.15, -0.1) is 0 Å². The molecule has 7 heteroatoms. The highest BCUT2D eigenvalue weighted by Gasteiger charge is 2.24. The summed E-state index contributed by atoms with van der Waals surface area (Å²) in [6.07, 6.45) is -1.87. The van der Waals surface area contributed by atoms with Gasteiger partial charge in [-0.05, 0) is 57.2 Å². The molecule has 144 valence electrons. The smallest absolute Gasteiger partial charge is 0.347 e. The molecule has 0 heterocycles. The van der Waals surface area contributed by atoms with Gasteiger partial charge in [0.1, 0.15) is 11.5 Å². The van der Waals surface area contributed by atoms with Crippen molar-refractivity contribution in [1.29, 1.82) is 0 Å². The molecule has 0 aromatic heterocycles. The van der Waals surface area contributed by atoms with E-state index in [1.807, 2.05) is 6.92 Å². The zero-order chi connectivity index (χ0) is 19.8. The maximum Gasteiger partial charge on any atom is 0.347 e. The van der Waals surface area contributed by atoms with Crippen molar-refractivity contribution in [2.45, 2.75) is 33.0 Å². The van der Waals surface area contributed by atoms with E-state index in [2.05, 4.69) is 5.32 Å². The summed E-state index contributed by atoms with van der Waals surface area (Å²) >= 11 is 5.81. The lowest BCUT2D eigenvalue weighted by Crippen LogP contribution is -2.35. The molecule has 0 radical (unpaired) electrons. The van der Waals surface area contributed by atoms with E-state index in [4.69, 9.17) is 25.8 Å². The van der Waals surface area contributed by atoms with Gasteiger partial charge in [-0.25, -0.2) is 4.79 Å². The molecule has 2 atom stereocenters. The van der Waals surface area contributed by atoms with Crippen molar-refractivity contribution in [3.8, 4) is 11.5 Å². The molecule has 0 fully saturated rings. The quantitative estimate of drug-likeness (QED) is 0.686. The van der Waals surface area contributed by atoms with Gasteiger partial charge in [-0.3, -0.25) is 4.79 Å². The molecular weight excluding hydrogens is 370 g/mol. The molecule has 0 saturated carbocycles. The summed E-state index contributed by atoms with van der Waals surface area (Å²) in [6, 6.07) is 13.6. The number of hydrogen-bond acceptors (Lipinski definition) is 5. The van der Waals surface area contributed by atoms with Gasteiger partial charge in [0.25, 0.3) is 5.91 Å². The Morgan fingerprint density at radius 3 is 2.37 bits per heavy atom. The van der Waals surface area contributed by atoms with Gasteiger partial charge in [0.2, 0.25) is 0 Å². The van der Waals surface area contributed by atoms with Crippen LogP contribution in [0.1, 0.15) is 20.8 Å². The first-order chi connectivity index (χ1) is 12.9. The van der Waals surface area contributed by atoms with E-state index >= 15 is 0 Å². The number of benzene rings is 2. The fourth-order valence-electron chi connectivity index (χ4n) is 2.17. The van der Waals surface area contributed by atoms with Gasteiger partial charge >= 0.3 is 5.97 Å². The Kier molecular flexibility index (Phi) is 7.49. The van der Waals surface area contributed by atoms with Crippen LogP contribution in [0.15, 0.2) is 48.5 Å². The Bertz CT molecular complexity index is 778. The molecule has 0 saturated heterocycles. The van der Waals surface area contributed by atoms with Crippen LogP contribution in [0.4, 0.5) is 5.69 Å². The van der Waals surface area contributed by atoms with Crippen molar-refractivity contribution in [3.05, 3.63) is 53.6 Å². The first kappa shape index (κ1) is 20.6. The van der Waals surface area contributed by atoms with Gasteiger partial charge in [-0.2, -0.15) is 0 Å². The number of rotatable bonds is 8. The van der Waals surface area contributed by atoms with Gasteiger partial charge < -0.3 is 19.5 Å². The highest BCUT2D eigenvalue weighted by atomic mass is 35.5. The van der Waals surface area contributed by atoms with Crippen molar-refractivity contribution in [1.82, 2.24) is 0 Å². The summed E-state index contributed by atoms with van der Waals surface area (Å²) in [7, 11) is 0. The Labute approximate surface area is 163 Å². The van der Waals surface area contributed by atoms with E-state index in [-0.39, 0.29) is 0 Å². The average Bonchev–Trinajstić information content (AvgIpc) is 2.65. The molecule has 27 heavy (non-hydrogen) atoms. The molecular formula is C20H22ClNO5. The Balaban J connectivity index is 1.91. The molecule has 1 amide bonds. The predicted molar refractivity (Wildman–Crippen MR) is 103 cm³/mol. The lowest BCUT2D eigenvalue weighted by Gasteiger charge is -2.18. The molecule has 2 rings (SSSR count). The minimum absolute atomic E-state index is 0.464. The number of hydrogen-bond donors (Lipinski definition) is 1. The van der Waals surface area contributed by atoms with Crippen LogP contribution in [0.25, 0.3) is 0 Å². The molecule has 0 aliphatic heterocycles. The molecule has 0 unspecified atom stereocenters. The molecule has 1 N–H and O–H groups in total. The standard InChI is InChI=1S/C20H22ClNO5/c1-4-25-18-8-6-5-7-17(18)22-19(23)13(2)27-20(24)14(3)26-16-11-9-15(21)10-12-16/h5-14H,4H2,1-3H3,(H,22,23)/t13-,14-/m1/s1. The molecule has 2 aromatic carbocycles. The maximum absolute atomic E-state index is 12.3. The number of anilines is 1. The van der Waals surface area contributed by atoms with Crippen LogP contribution in [0.2, 0.25) is 5.02 Å². The van der Waals surface area contributed by atoms with Crippen LogP contribution in [-0.2, 0) is 14.3 Å². The van der Waals surface area contributed by atoms with Crippen molar-refractivity contribution in [2.24, 2.45) is 0 Å². The van der Waals surface area contributed by atoms with E-state index in [0.29, 0.717) is 28.8 Å². The number of esters is 1. The second-order valence-electron chi connectivity index (χ2n) is 5.71. The highest BCUT2D eigenvalue weighted by Crippen LogP contribution is 2.24. The van der Waals surface area contributed by atoms with Crippen LogP contribution < -0.4 is 14.8 Å². The normalized spacial score (nSPS) is 12.6. The van der Waals surface area contributed by atoms with E-state index in [1.165, 1.54) is 6.92 Å². The first-order valence-corrected chi connectivity index (χ1v) is 8.94. The summed E-state index contributed by atoms with van der Waals surface area (Å²) in [5.74, 6) is -0.0854. The third-order valence-corrected chi connectivity index (χ3v) is 3.82. The fraction of sp³-hybridized carbons (Fsp3) is 0.300. The van der Waals surface area contributed by atoms with E-state index in [9.17, 15) is 9.59 Å². The lowest BCUT2D eigenvalue weighted by molar-refractivity contribution is -0.159. The van der Waals surface area contributed by atoms with Crippen molar-refractivity contribution in [2.75, 3.05) is 11.9 Å². The SMILES string of the molecule is CCOc1ccccc1NC(=O)[C@@H](C)OC(=O)[C@@H](C)Oc1ccc(Cl)cc1. The fourth-order valence-corrected chi connectivity index (χ4v) is 2.30. The van der Waals surface area contributed by atoms with Crippen LogP contribution in [0, 0.1) is 0 Å². The molecule has 0 bridgehead atoms. The van der Waals surface area contributed by atoms with E-state index in [1.54, 1.807) is 55.5 Å². The monoisotopic (exact) mass is 391 g/mol. The summed E-state index contributed by atoms with van der Waals surface area (Å²) in [5.41, 5.74) is 0.512. The Morgan fingerprint density at radius 1 is 1.04 bits per heavy atom. The average molecular weight is 392 g/mol. The molecule has 6 nitrogen and oxygen atoms in total. The van der Waals surface area contributed by atoms with E-state index < -0.39 is 24.1 Å². The summed E-state index contributed by atoms with van der Waals surface area (Å²) in [6.45, 7) is 5.36. The van der Waals surface area contributed by atoms with Gasteiger partial charge in [0.15, 0.2) is 12.2 Å². The topological polar surface area (TPSA) is 73.9 Å². The van der Waals surface area contributed by atoms with E-state index in [0.717, 1.165) is 0 Å². The van der Waals surface area contributed by atoms with Crippen LogP contribution in [0.3, 0.4) is 0 Å². The number of para-hydroxylation sites is 2. The van der Waals surface area contributed by atoms with Crippen LogP contribution in [-0.4, -0.2) is 30.7 Å². The summed E-state index contributed by atoms with van der Waals surface area (Å²) < 4.78 is 16.2. The number of carbonyl (C=O) groups excluding carboxylic acids is 2. The Morgan fingerprint density at radius 2 is 1.70 bits per heavy atom. The zero-order valence-corrected chi connectivity index (χ0v) is 16.2. The largest absolute Gasteiger partial charge is 0.492 e. The summed E-state index contributed by atoms with van der Waals surface area (Å²) in [5, 5.41) is 3.26. The maximum atomic E-state index is 12.3. The van der Waals surface area contributed by atoms with Gasteiger partial charge in [-0.1, -0.05) is 23.7 Å².